The lowest BCUT2D eigenvalue weighted by Gasteiger charge is -2.41. The van der Waals surface area contributed by atoms with Crippen LogP contribution >= 0.6 is 0 Å². The number of morpholine rings is 1. The van der Waals surface area contributed by atoms with Gasteiger partial charge in [-0.1, -0.05) is 0 Å². The van der Waals surface area contributed by atoms with Crippen molar-refractivity contribution in [1.29, 1.82) is 0 Å². The van der Waals surface area contributed by atoms with Gasteiger partial charge in [-0.05, 0) is 20.8 Å². The zero-order valence-corrected chi connectivity index (χ0v) is 9.77. The molecule has 0 aliphatic carbocycles. The number of rotatable bonds is 2. The summed E-state index contributed by atoms with van der Waals surface area (Å²) < 4.78 is 5.65. The number of hydrogen-bond donors (Lipinski definition) is 1. The fourth-order valence-corrected chi connectivity index (χ4v) is 1.87. The predicted molar refractivity (Wildman–Crippen MR) is 58.0 cm³/mol. The van der Waals surface area contributed by atoms with Crippen LogP contribution in [0.25, 0.3) is 0 Å². The Kier molecular flexibility index (Phi) is 3.70. The minimum atomic E-state index is -1.12. The highest BCUT2D eigenvalue weighted by atomic mass is 16.5. The van der Waals surface area contributed by atoms with Gasteiger partial charge in [-0.2, -0.15) is 0 Å². The molecule has 0 radical (unpaired) electrons. The molecule has 1 fully saturated rings. The van der Waals surface area contributed by atoms with E-state index in [0.717, 1.165) is 12.2 Å². The summed E-state index contributed by atoms with van der Waals surface area (Å²) >= 11 is 0. The lowest BCUT2D eigenvalue weighted by atomic mass is 10.1. The van der Waals surface area contributed by atoms with Crippen molar-refractivity contribution >= 4 is 11.9 Å². The van der Waals surface area contributed by atoms with Gasteiger partial charge in [0.1, 0.15) is 0 Å². The highest BCUT2D eigenvalue weighted by Crippen LogP contribution is 2.20. The summed E-state index contributed by atoms with van der Waals surface area (Å²) in [5, 5.41) is 8.43. The number of carbonyl (C=O) groups excluding carboxylic acids is 1. The first kappa shape index (κ1) is 12.7. The predicted octanol–water partition coefficient (Wildman–Crippen LogP) is 0.653. The van der Waals surface area contributed by atoms with Crippen molar-refractivity contribution in [2.75, 3.05) is 13.1 Å². The number of carbonyl (C=O) groups is 2. The van der Waals surface area contributed by atoms with Crippen molar-refractivity contribution in [3.63, 3.8) is 0 Å². The van der Waals surface area contributed by atoms with Gasteiger partial charge in [0.2, 0.25) is 5.91 Å². The molecule has 0 aromatic rings. The fraction of sp³-hybridized carbons (Fsp3) is 0.636. The highest BCUT2D eigenvalue weighted by molar-refractivity contribution is 5.94. The van der Waals surface area contributed by atoms with Crippen molar-refractivity contribution in [1.82, 2.24) is 4.90 Å². The minimum Gasteiger partial charge on any atom is -0.478 e. The van der Waals surface area contributed by atoms with Crippen LogP contribution in [0.5, 0.6) is 0 Å². The average molecular weight is 227 g/mol. The Morgan fingerprint density at radius 1 is 1.44 bits per heavy atom. The van der Waals surface area contributed by atoms with Crippen molar-refractivity contribution in [2.24, 2.45) is 0 Å². The molecule has 0 aromatic carbocycles. The van der Waals surface area contributed by atoms with Crippen LogP contribution in [0.1, 0.15) is 20.8 Å². The van der Waals surface area contributed by atoms with Crippen LogP contribution in [0, 0.1) is 0 Å². The molecule has 1 saturated heterocycles. The van der Waals surface area contributed by atoms with Crippen LogP contribution in [-0.4, -0.2) is 46.7 Å². The van der Waals surface area contributed by atoms with Gasteiger partial charge in [0, 0.05) is 25.2 Å². The zero-order valence-electron chi connectivity index (χ0n) is 9.77. The molecule has 5 heteroatoms. The molecule has 1 rings (SSSR count). The fourth-order valence-electron chi connectivity index (χ4n) is 1.87. The van der Waals surface area contributed by atoms with Crippen LogP contribution in [-0.2, 0) is 14.3 Å². The van der Waals surface area contributed by atoms with Gasteiger partial charge in [-0.25, -0.2) is 4.79 Å². The summed E-state index contributed by atoms with van der Waals surface area (Å²) in [6.45, 7) is 6.67. The van der Waals surface area contributed by atoms with Crippen LogP contribution < -0.4 is 0 Å². The molecule has 1 N–H and O–H groups in total. The van der Waals surface area contributed by atoms with E-state index >= 15 is 0 Å². The van der Waals surface area contributed by atoms with E-state index in [1.54, 1.807) is 4.90 Å². The molecule has 1 aliphatic heterocycles. The summed E-state index contributed by atoms with van der Waals surface area (Å²) in [4.78, 5) is 23.6. The second-order valence-electron chi connectivity index (χ2n) is 4.58. The molecule has 16 heavy (non-hydrogen) atoms. The lowest BCUT2D eigenvalue weighted by molar-refractivity contribution is -0.154. The van der Waals surface area contributed by atoms with E-state index in [-0.39, 0.29) is 17.6 Å². The maximum Gasteiger partial charge on any atom is 0.328 e. The molecule has 1 heterocycles. The third-order valence-electron chi connectivity index (χ3n) is 2.25. The first-order valence-corrected chi connectivity index (χ1v) is 5.18. The third-order valence-corrected chi connectivity index (χ3v) is 2.25. The quantitative estimate of drug-likeness (QED) is 0.703. The minimum absolute atomic E-state index is 0.0362. The second kappa shape index (κ2) is 4.65. The Hall–Kier alpha value is -1.36. The van der Waals surface area contributed by atoms with Gasteiger partial charge in [-0.3, -0.25) is 4.79 Å². The third kappa shape index (κ3) is 3.66. The van der Waals surface area contributed by atoms with Crippen molar-refractivity contribution < 1.29 is 19.4 Å². The second-order valence-corrected chi connectivity index (χ2v) is 4.58. The van der Waals surface area contributed by atoms with Crippen LogP contribution in [0.3, 0.4) is 0 Å². The van der Waals surface area contributed by atoms with Gasteiger partial charge >= 0.3 is 5.97 Å². The number of nitrogens with zero attached hydrogens (tertiary/aromatic N) is 1. The number of carboxylic acids is 1. The molecular weight excluding hydrogens is 210 g/mol. The number of aliphatic carboxylic acids is 1. The number of ether oxygens (including phenoxy) is 1. The Morgan fingerprint density at radius 2 is 2.06 bits per heavy atom. The molecule has 0 aromatic heterocycles. The SMILES string of the molecule is CC1CN(C(=O)C=CC(=O)O)CC(C)(C)O1. The van der Waals surface area contributed by atoms with E-state index < -0.39 is 5.97 Å². The molecule has 0 bridgehead atoms. The maximum atomic E-state index is 11.7. The normalized spacial score (nSPS) is 24.7. The van der Waals surface area contributed by atoms with Gasteiger partial charge < -0.3 is 14.7 Å². The zero-order chi connectivity index (χ0) is 12.3. The first-order valence-electron chi connectivity index (χ1n) is 5.18. The van der Waals surface area contributed by atoms with Gasteiger partial charge in [0.25, 0.3) is 0 Å². The van der Waals surface area contributed by atoms with Gasteiger partial charge in [0.05, 0.1) is 11.7 Å². The summed E-state index contributed by atoms with van der Waals surface area (Å²) in [5.74, 6) is -1.40. The number of amides is 1. The van der Waals surface area contributed by atoms with Gasteiger partial charge in [-0.15, -0.1) is 0 Å². The van der Waals surface area contributed by atoms with Crippen molar-refractivity contribution in [3.8, 4) is 0 Å². The summed E-state index contributed by atoms with van der Waals surface area (Å²) in [6, 6.07) is 0. The largest absolute Gasteiger partial charge is 0.478 e. The van der Waals surface area contributed by atoms with Crippen LogP contribution in [0.4, 0.5) is 0 Å². The van der Waals surface area contributed by atoms with E-state index in [4.69, 9.17) is 9.84 Å². The first-order chi connectivity index (χ1) is 7.30. The molecule has 1 unspecified atom stereocenters. The van der Waals surface area contributed by atoms with Crippen molar-refractivity contribution in [3.05, 3.63) is 12.2 Å². The summed E-state index contributed by atoms with van der Waals surface area (Å²) in [5.41, 5.74) is -0.385. The van der Waals surface area contributed by atoms with E-state index in [1.807, 2.05) is 20.8 Å². The Balaban J connectivity index is 2.66. The smallest absolute Gasteiger partial charge is 0.328 e. The molecule has 0 spiro atoms. The average Bonchev–Trinajstić information content (AvgIpc) is 2.10. The Labute approximate surface area is 94.7 Å². The summed E-state index contributed by atoms with van der Waals surface area (Å²) in [6.07, 6.45) is 1.90. The monoisotopic (exact) mass is 227 g/mol. The molecule has 1 atom stereocenters. The molecule has 1 amide bonds. The van der Waals surface area contributed by atoms with E-state index in [0.29, 0.717) is 13.1 Å². The highest BCUT2D eigenvalue weighted by Gasteiger charge is 2.32. The molecule has 90 valence electrons. The molecule has 0 saturated carbocycles. The maximum absolute atomic E-state index is 11.7. The Morgan fingerprint density at radius 3 is 2.56 bits per heavy atom. The Bertz CT molecular complexity index is 322. The van der Waals surface area contributed by atoms with Crippen molar-refractivity contribution in [2.45, 2.75) is 32.5 Å². The van der Waals surface area contributed by atoms with E-state index in [1.165, 1.54) is 0 Å². The number of carboxylic acid groups (broad SMARTS) is 1. The standard InChI is InChI=1S/C11H17NO4/c1-8-6-12(7-11(2,3)16-8)9(13)4-5-10(14)15/h4-5,8H,6-7H2,1-3H3,(H,14,15). The summed E-state index contributed by atoms with van der Waals surface area (Å²) in [7, 11) is 0. The molecule has 5 nitrogen and oxygen atoms in total. The number of hydrogen-bond acceptors (Lipinski definition) is 3. The molecule has 1 aliphatic rings. The molecular formula is C11H17NO4. The van der Waals surface area contributed by atoms with Crippen LogP contribution in [0.15, 0.2) is 12.2 Å². The van der Waals surface area contributed by atoms with E-state index in [2.05, 4.69) is 0 Å². The van der Waals surface area contributed by atoms with E-state index in [9.17, 15) is 9.59 Å². The topological polar surface area (TPSA) is 66.8 Å². The van der Waals surface area contributed by atoms with Crippen LogP contribution in [0.2, 0.25) is 0 Å². The lowest BCUT2D eigenvalue weighted by Crippen LogP contribution is -2.53. The van der Waals surface area contributed by atoms with Gasteiger partial charge in [0.15, 0.2) is 0 Å².